The lowest BCUT2D eigenvalue weighted by molar-refractivity contribution is -0.142. The fourth-order valence-electron chi connectivity index (χ4n) is 2.77. The number of hydrogen-bond donors (Lipinski definition) is 3. The SMILES string of the molecule is CC(=O)OCc1nc2c(C(=O)O)cc(NC(=O)c3ccccc3C(F)(F)F)cc2[nH]1. The molecule has 156 valence electrons. The number of aromatic carboxylic acids is 1. The number of benzene rings is 2. The summed E-state index contributed by atoms with van der Waals surface area (Å²) in [6, 6.07) is 6.63. The first-order valence-corrected chi connectivity index (χ1v) is 8.43. The van der Waals surface area contributed by atoms with Crippen LogP contribution in [0.5, 0.6) is 0 Å². The van der Waals surface area contributed by atoms with E-state index in [0.717, 1.165) is 24.3 Å². The van der Waals surface area contributed by atoms with Crippen LogP contribution in [0.2, 0.25) is 0 Å². The molecule has 0 atom stereocenters. The summed E-state index contributed by atoms with van der Waals surface area (Å²) in [6.45, 7) is 0.960. The Balaban J connectivity index is 1.98. The van der Waals surface area contributed by atoms with E-state index in [1.165, 1.54) is 19.1 Å². The Kier molecular flexibility index (Phi) is 5.45. The summed E-state index contributed by atoms with van der Waals surface area (Å²) in [5.74, 6) is -2.82. The summed E-state index contributed by atoms with van der Waals surface area (Å²) in [5, 5.41) is 11.7. The number of aromatic nitrogens is 2. The van der Waals surface area contributed by atoms with Crippen molar-refractivity contribution < 1.29 is 37.4 Å². The van der Waals surface area contributed by atoms with Crippen LogP contribution in [0, 0.1) is 0 Å². The minimum Gasteiger partial charge on any atom is -0.478 e. The number of carbonyl (C=O) groups is 3. The summed E-state index contributed by atoms with van der Waals surface area (Å²) in [6.07, 6.45) is -4.74. The zero-order valence-corrected chi connectivity index (χ0v) is 15.3. The van der Waals surface area contributed by atoms with Gasteiger partial charge in [-0.1, -0.05) is 12.1 Å². The van der Waals surface area contributed by atoms with Crippen LogP contribution < -0.4 is 5.32 Å². The molecule has 2 aromatic carbocycles. The third-order valence-electron chi connectivity index (χ3n) is 4.01. The van der Waals surface area contributed by atoms with Crippen molar-refractivity contribution in [3.8, 4) is 0 Å². The first-order valence-electron chi connectivity index (χ1n) is 8.43. The number of H-pyrrole nitrogens is 1. The van der Waals surface area contributed by atoms with E-state index in [9.17, 15) is 32.7 Å². The van der Waals surface area contributed by atoms with Gasteiger partial charge in [-0.2, -0.15) is 13.2 Å². The Morgan fingerprint density at radius 1 is 1.17 bits per heavy atom. The second kappa shape index (κ2) is 7.85. The molecule has 30 heavy (non-hydrogen) atoms. The third kappa shape index (κ3) is 4.40. The van der Waals surface area contributed by atoms with E-state index < -0.39 is 35.1 Å². The molecule has 0 bridgehead atoms. The van der Waals surface area contributed by atoms with Crippen molar-refractivity contribution >= 4 is 34.6 Å². The number of carbonyl (C=O) groups excluding carboxylic acids is 2. The lowest BCUT2D eigenvalue weighted by atomic mass is 10.1. The summed E-state index contributed by atoms with van der Waals surface area (Å²) < 4.78 is 44.3. The van der Waals surface area contributed by atoms with Gasteiger partial charge in [-0.25, -0.2) is 9.78 Å². The molecule has 0 saturated heterocycles. The van der Waals surface area contributed by atoms with E-state index >= 15 is 0 Å². The minimum absolute atomic E-state index is 0.0401. The molecule has 1 heterocycles. The Hall–Kier alpha value is -3.89. The van der Waals surface area contributed by atoms with E-state index in [-0.39, 0.29) is 34.7 Å². The normalized spacial score (nSPS) is 11.3. The first-order chi connectivity index (χ1) is 14.1. The molecule has 0 fully saturated rings. The van der Waals surface area contributed by atoms with Gasteiger partial charge >= 0.3 is 18.1 Å². The lowest BCUT2D eigenvalue weighted by Gasteiger charge is -2.13. The van der Waals surface area contributed by atoms with E-state index in [4.69, 9.17) is 4.74 Å². The minimum atomic E-state index is -4.74. The summed E-state index contributed by atoms with van der Waals surface area (Å²) in [4.78, 5) is 41.8. The van der Waals surface area contributed by atoms with Gasteiger partial charge in [-0.3, -0.25) is 9.59 Å². The predicted molar refractivity (Wildman–Crippen MR) is 97.9 cm³/mol. The highest BCUT2D eigenvalue weighted by atomic mass is 19.4. The van der Waals surface area contributed by atoms with Crippen molar-refractivity contribution in [3.63, 3.8) is 0 Å². The molecule has 0 spiro atoms. The number of esters is 1. The molecular formula is C19H14F3N3O5. The van der Waals surface area contributed by atoms with Gasteiger partial charge in [0, 0.05) is 12.6 Å². The van der Waals surface area contributed by atoms with Crippen LogP contribution in [0.1, 0.15) is 39.0 Å². The highest BCUT2D eigenvalue weighted by Gasteiger charge is 2.34. The number of amides is 1. The summed E-state index contributed by atoms with van der Waals surface area (Å²) in [5.41, 5.74) is -1.84. The number of halogens is 3. The van der Waals surface area contributed by atoms with Crippen LogP contribution in [-0.4, -0.2) is 32.9 Å². The van der Waals surface area contributed by atoms with Gasteiger partial charge < -0.3 is 20.1 Å². The number of aromatic amines is 1. The molecule has 3 N–H and O–H groups in total. The average molecular weight is 421 g/mol. The molecule has 8 nitrogen and oxygen atoms in total. The van der Waals surface area contributed by atoms with Crippen LogP contribution in [0.4, 0.5) is 18.9 Å². The maximum absolute atomic E-state index is 13.2. The van der Waals surface area contributed by atoms with Gasteiger partial charge in [-0.05, 0) is 24.3 Å². The number of nitrogens with one attached hydrogen (secondary N) is 2. The highest BCUT2D eigenvalue weighted by molar-refractivity contribution is 6.08. The van der Waals surface area contributed by atoms with Crippen molar-refractivity contribution in [3.05, 3.63) is 58.9 Å². The summed E-state index contributed by atoms with van der Waals surface area (Å²) in [7, 11) is 0. The number of imidazole rings is 1. The Morgan fingerprint density at radius 3 is 2.50 bits per heavy atom. The number of anilines is 1. The molecule has 11 heteroatoms. The van der Waals surface area contributed by atoms with Gasteiger partial charge in [0.15, 0.2) is 0 Å². The maximum atomic E-state index is 13.2. The Labute approximate surface area is 166 Å². The summed E-state index contributed by atoms with van der Waals surface area (Å²) >= 11 is 0. The van der Waals surface area contributed by atoms with Crippen LogP contribution in [-0.2, 0) is 22.3 Å². The van der Waals surface area contributed by atoms with Crippen molar-refractivity contribution in [1.82, 2.24) is 9.97 Å². The fraction of sp³-hybridized carbons (Fsp3) is 0.158. The van der Waals surface area contributed by atoms with Crippen LogP contribution in [0.3, 0.4) is 0 Å². The van der Waals surface area contributed by atoms with E-state index in [1.807, 2.05) is 0 Å². The van der Waals surface area contributed by atoms with Gasteiger partial charge in [0.25, 0.3) is 5.91 Å². The van der Waals surface area contributed by atoms with Crippen molar-refractivity contribution in [2.75, 3.05) is 5.32 Å². The second-order valence-corrected chi connectivity index (χ2v) is 6.19. The van der Waals surface area contributed by atoms with E-state index in [2.05, 4.69) is 15.3 Å². The monoisotopic (exact) mass is 421 g/mol. The number of ether oxygens (including phenoxy) is 1. The zero-order chi connectivity index (χ0) is 22.1. The number of hydrogen-bond acceptors (Lipinski definition) is 5. The van der Waals surface area contributed by atoms with Gasteiger partial charge in [-0.15, -0.1) is 0 Å². The van der Waals surface area contributed by atoms with Crippen molar-refractivity contribution in [1.29, 1.82) is 0 Å². The van der Waals surface area contributed by atoms with Crippen LogP contribution >= 0.6 is 0 Å². The molecule has 0 saturated carbocycles. The quantitative estimate of drug-likeness (QED) is 0.542. The highest BCUT2D eigenvalue weighted by Crippen LogP contribution is 2.32. The number of fused-ring (bicyclic) bond motifs is 1. The molecular weight excluding hydrogens is 407 g/mol. The third-order valence-corrected chi connectivity index (χ3v) is 4.01. The number of carboxylic acid groups (broad SMARTS) is 1. The van der Waals surface area contributed by atoms with E-state index in [1.54, 1.807) is 0 Å². The first kappa shape index (κ1) is 20.8. The molecule has 0 radical (unpaired) electrons. The smallest absolute Gasteiger partial charge is 0.417 e. The number of nitrogens with zero attached hydrogens (tertiary/aromatic N) is 1. The fourth-order valence-corrected chi connectivity index (χ4v) is 2.77. The molecule has 0 aliphatic heterocycles. The van der Waals surface area contributed by atoms with E-state index in [0.29, 0.717) is 0 Å². The van der Waals surface area contributed by atoms with Crippen LogP contribution in [0.25, 0.3) is 11.0 Å². The van der Waals surface area contributed by atoms with Gasteiger partial charge in [0.05, 0.1) is 22.2 Å². The molecule has 1 amide bonds. The molecule has 0 aliphatic carbocycles. The van der Waals surface area contributed by atoms with Crippen LogP contribution in [0.15, 0.2) is 36.4 Å². The maximum Gasteiger partial charge on any atom is 0.417 e. The lowest BCUT2D eigenvalue weighted by Crippen LogP contribution is -2.18. The number of alkyl halides is 3. The van der Waals surface area contributed by atoms with Crippen molar-refractivity contribution in [2.24, 2.45) is 0 Å². The molecule has 0 aliphatic rings. The topological polar surface area (TPSA) is 121 Å². The zero-order valence-electron chi connectivity index (χ0n) is 15.3. The van der Waals surface area contributed by atoms with Gasteiger partial charge in [0.1, 0.15) is 17.9 Å². The second-order valence-electron chi connectivity index (χ2n) is 6.19. The number of carboxylic acids is 1. The predicted octanol–water partition coefficient (Wildman–Crippen LogP) is 3.60. The molecule has 3 rings (SSSR count). The average Bonchev–Trinajstić information content (AvgIpc) is 3.07. The van der Waals surface area contributed by atoms with Gasteiger partial charge in [0.2, 0.25) is 0 Å². The largest absolute Gasteiger partial charge is 0.478 e. The Morgan fingerprint density at radius 2 is 1.87 bits per heavy atom. The molecule has 0 unspecified atom stereocenters. The molecule has 3 aromatic rings. The molecule has 1 aromatic heterocycles. The number of rotatable bonds is 5. The Bertz CT molecular complexity index is 1150. The standard InChI is InChI=1S/C19H14F3N3O5/c1-9(26)30-8-15-24-14-7-10(6-12(18(28)29)16(14)25-15)23-17(27)11-4-2-3-5-13(11)19(20,21)22/h2-7H,8H2,1H3,(H,23,27)(H,24,25)(H,28,29). The van der Waals surface area contributed by atoms with Crippen molar-refractivity contribution in [2.45, 2.75) is 19.7 Å².